The van der Waals surface area contributed by atoms with Crippen LogP contribution in [0.1, 0.15) is 19.4 Å². The minimum atomic E-state index is 0.0484. The first-order valence-electron chi connectivity index (χ1n) is 8.02. The topological polar surface area (TPSA) is 97.4 Å². The Morgan fingerprint density at radius 2 is 1.72 bits per heavy atom. The molecular formula is C20H22N4O. The molecule has 2 aromatic rings. The first-order valence-corrected chi connectivity index (χ1v) is 8.02. The predicted octanol–water partition coefficient (Wildman–Crippen LogP) is 3.65. The highest BCUT2D eigenvalue weighted by atomic mass is 16.5. The average Bonchev–Trinajstić information content (AvgIpc) is 2.65. The first-order chi connectivity index (χ1) is 12.0. The Kier molecular flexibility index (Phi) is 6.19. The number of nitrogens with zero attached hydrogens (tertiary/aromatic N) is 2. The standard InChI is InChI=1S/C20H22N4O/c1-14(2)19(22)20(23)18(12-21)24-16-8-10-17(11-9-16)25-13-15-6-4-3-5-7-15/h3-11,14H,13,22-23H2,1-2H3/b20-19+,24-18?. The number of hydrogen-bond donors (Lipinski definition) is 2. The summed E-state index contributed by atoms with van der Waals surface area (Å²) >= 11 is 0. The van der Waals surface area contributed by atoms with Crippen molar-refractivity contribution in [2.45, 2.75) is 20.5 Å². The van der Waals surface area contributed by atoms with Crippen LogP contribution in [0.3, 0.4) is 0 Å². The van der Waals surface area contributed by atoms with Crippen LogP contribution in [0, 0.1) is 17.2 Å². The number of ether oxygens (including phenoxy) is 1. The Hall–Kier alpha value is -3.26. The number of nitrogens with two attached hydrogens (primary N) is 2. The number of rotatable bonds is 6. The quantitative estimate of drug-likeness (QED) is 0.788. The number of nitriles is 1. The normalized spacial score (nSPS) is 12.5. The van der Waals surface area contributed by atoms with Gasteiger partial charge in [-0.05, 0) is 35.7 Å². The van der Waals surface area contributed by atoms with Crippen LogP contribution < -0.4 is 16.2 Å². The SMILES string of the molecule is CC(C)/C(N)=C(\N)C(C#N)=Nc1ccc(OCc2ccccc2)cc1. The van der Waals surface area contributed by atoms with Gasteiger partial charge in [0.1, 0.15) is 18.4 Å². The minimum Gasteiger partial charge on any atom is -0.489 e. The van der Waals surface area contributed by atoms with Crippen molar-refractivity contribution in [1.29, 1.82) is 5.26 Å². The Morgan fingerprint density at radius 3 is 2.28 bits per heavy atom. The molecule has 0 unspecified atom stereocenters. The Labute approximate surface area is 148 Å². The third-order valence-electron chi connectivity index (χ3n) is 3.62. The van der Waals surface area contributed by atoms with Gasteiger partial charge in [-0.3, -0.25) is 0 Å². The van der Waals surface area contributed by atoms with E-state index >= 15 is 0 Å². The second kappa shape index (κ2) is 8.55. The van der Waals surface area contributed by atoms with Crippen LogP contribution >= 0.6 is 0 Å². The highest BCUT2D eigenvalue weighted by Crippen LogP contribution is 2.20. The van der Waals surface area contributed by atoms with E-state index in [0.717, 1.165) is 11.3 Å². The molecule has 0 heterocycles. The molecule has 5 heteroatoms. The summed E-state index contributed by atoms with van der Waals surface area (Å²) in [6, 6.07) is 19.1. The molecule has 128 valence electrons. The molecule has 2 aromatic carbocycles. The summed E-state index contributed by atoms with van der Waals surface area (Å²) in [6.45, 7) is 4.32. The fraction of sp³-hybridized carbons (Fsp3) is 0.200. The molecule has 0 atom stereocenters. The summed E-state index contributed by atoms with van der Waals surface area (Å²) in [5, 5.41) is 9.28. The zero-order valence-electron chi connectivity index (χ0n) is 14.4. The summed E-state index contributed by atoms with van der Waals surface area (Å²) in [4.78, 5) is 4.28. The van der Waals surface area contributed by atoms with Crippen LogP contribution in [0.2, 0.25) is 0 Å². The zero-order chi connectivity index (χ0) is 18.2. The van der Waals surface area contributed by atoms with Crippen LogP contribution in [0.5, 0.6) is 5.75 Å². The molecule has 0 amide bonds. The molecule has 4 N–H and O–H groups in total. The van der Waals surface area contributed by atoms with Crippen LogP contribution in [-0.4, -0.2) is 5.71 Å². The van der Waals surface area contributed by atoms with Crippen molar-refractivity contribution in [2.75, 3.05) is 0 Å². The molecular weight excluding hydrogens is 312 g/mol. The summed E-state index contributed by atoms with van der Waals surface area (Å²) in [5.41, 5.74) is 14.4. The number of hydrogen-bond acceptors (Lipinski definition) is 5. The molecule has 0 aliphatic heterocycles. The lowest BCUT2D eigenvalue weighted by molar-refractivity contribution is 0.306. The van der Waals surface area contributed by atoms with Crippen molar-refractivity contribution in [3.8, 4) is 11.8 Å². The highest BCUT2D eigenvalue weighted by molar-refractivity contribution is 6.12. The zero-order valence-corrected chi connectivity index (χ0v) is 14.4. The van der Waals surface area contributed by atoms with E-state index < -0.39 is 0 Å². The molecule has 2 rings (SSSR count). The molecule has 0 spiro atoms. The average molecular weight is 334 g/mol. The molecule has 0 bridgehead atoms. The highest BCUT2D eigenvalue weighted by Gasteiger charge is 2.10. The van der Waals surface area contributed by atoms with Gasteiger partial charge in [-0.15, -0.1) is 0 Å². The lowest BCUT2D eigenvalue weighted by atomic mass is 10.1. The molecule has 25 heavy (non-hydrogen) atoms. The van der Waals surface area contributed by atoms with Gasteiger partial charge in [-0.1, -0.05) is 44.2 Å². The molecule has 0 saturated heterocycles. The molecule has 5 nitrogen and oxygen atoms in total. The van der Waals surface area contributed by atoms with Crippen molar-refractivity contribution in [3.05, 3.63) is 71.6 Å². The van der Waals surface area contributed by atoms with Crippen molar-refractivity contribution in [1.82, 2.24) is 0 Å². The van der Waals surface area contributed by atoms with E-state index in [2.05, 4.69) is 4.99 Å². The Bertz CT molecular complexity index is 800. The van der Waals surface area contributed by atoms with Crippen LogP contribution in [0.15, 0.2) is 71.0 Å². The number of benzene rings is 2. The van der Waals surface area contributed by atoms with Gasteiger partial charge in [0, 0.05) is 5.70 Å². The van der Waals surface area contributed by atoms with Gasteiger partial charge < -0.3 is 16.2 Å². The van der Waals surface area contributed by atoms with Crippen LogP contribution in [0.4, 0.5) is 5.69 Å². The molecule has 0 radical (unpaired) electrons. The van der Waals surface area contributed by atoms with Gasteiger partial charge in [0.2, 0.25) is 0 Å². The fourth-order valence-electron chi connectivity index (χ4n) is 2.08. The largest absolute Gasteiger partial charge is 0.489 e. The van der Waals surface area contributed by atoms with Gasteiger partial charge in [0.25, 0.3) is 0 Å². The van der Waals surface area contributed by atoms with Crippen molar-refractivity contribution in [2.24, 2.45) is 22.4 Å². The third kappa shape index (κ3) is 5.11. The monoisotopic (exact) mass is 334 g/mol. The van der Waals surface area contributed by atoms with Gasteiger partial charge in [0.05, 0.1) is 11.4 Å². The summed E-state index contributed by atoms with van der Waals surface area (Å²) in [6.07, 6.45) is 0. The van der Waals surface area contributed by atoms with Gasteiger partial charge in [-0.2, -0.15) is 5.26 Å². The Morgan fingerprint density at radius 1 is 1.08 bits per heavy atom. The number of aliphatic imine (C=N–C) groups is 1. The molecule has 0 aliphatic rings. The summed E-state index contributed by atoms with van der Waals surface area (Å²) in [5.74, 6) is 0.777. The van der Waals surface area contributed by atoms with Crippen molar-refractivity contribution < 1.29 is 4.74 Å². The maximum atomic E-state index is 9.28. The first kappa shape index (κ1) is 18.1. The number of allylic oxidation sites excluding steroid dienone is 2. The third-order valence-corrected chi connectivity index (χ3v) is 3.62. The Balaban J connectivity index is 2.11. The van der Waals surface area contributed by atoms with Crippen LogP contribution in [-0.2, 0) is 6.61 Å². The minimum absolute atomic E-state index is 0.0484. The van der Waals surface area contributed by atoms with Crippen molar-refractivity contribution in [3.63, 3.8) is 0 Å². The lowest BCUT2D eigenvalue weighted by Crippen LogP contribution is -2.20. The second-order valence-corrected chi connectivity index (χ2v) is 5.86. The maximum absolute atomic E-state index is 9.28. The molecule has 0 fully saturated rings. The van der Waals surface area contributed by atoms with E-state index in [9.17, 15) is 5.26 Å². The predicted molar refractivity (Wildman–Crippen MR) is 100 cm³/mol. The van der Waals surface area contributed by atoms with E-state index in [-0.39, 0.29) is 17.3 Å². The molecule has 0 aromatic heterocycles. The molecule has 0 saturated carbocycles. The van der Waals surface area contributed by atoms with Gasteiger partial charge in [0.15, 0.2) is 5.71 Å². The van der Waals surface area contributed by atoms with E-state index in [0.29, 0.717) is 18.0 Å². The summed E-state index contributed by atoms with van der Waals surface area (Å²) in [7, 11) is 0. The van der Waals surface area contributed by atoms with E-state index in [4.69, 9.17) is 16.2 Å². The van der Waals surface area contributed by atoms with E-state index in [1.807, 2.05) is 62.4 Å². The van der Waals surface area contributed by atoms with Crippen LogP contribution in [0.25, 0.3) is 0 Å². The van der Waals surface area contributed by atoms with Gasteiger partial charge >= 0.3 is 0 Å². The van der Waals surface area contributed by atoms with E-state index in [1.165, 1.54) is 0 Å². The fourth-order valence-corrected chi connectivity index (χ4v) is 2.08. The smallest absolute Gasteiger partial charge is 0.165 e. The van der Waals surface area contributed by atoms with Gasteiger partial charge in [-0.25, -0.2) is 4.99 Å². The second-order valence-electron chi connectivity index (χ2n) is 5.86. The van der Waals surface area contributed by atoms with E-state index in [1.54, 1.807) is 12.1 Å². The van der Waals surface area contributed by atoms with Crippen molar-refractivity contribution >= 4 is 11.4 Å². The molecule has 0 aliphatic carbocycles. The maximum Gasteiger partial charge on any atom is 0.165 e. The lowest BCUT2D eigenvalue weighted by Gasteiger charge is -2.09. The summed E-state index contributed by atoms with van der Waals surface area (Å²) < 4.78 is 5.73.